The van der Waals surface area contributed by atoms with Crippen LogP contribution in [-0.4, -0.2) is 14.5 Å². The van der Waals surface area contributed by atoms with Gasteiger partial charge in [-0.15, -0.1) is 0 Å². The summed E-state index contributed by atoms with van der Waals surface area (Å²) in [5.74, 6) is 6.09. The molecule has 2 heterocycles. The minimum absolute atomic E-state index is 0.246. The third kappa shape index (κ3) is 2.72. The second-order valence-electron chi connectivity index (χ2n) is 4.11. The van der Waals surface area contributed by atoms with Crippen LogP contribution < -0.4 is 11.3 Å². The molecular weight excluding hydrogens is 233 g/mol. The lowest BCUT2D eigenvalue weighted by Gasteiger charge is -2.16. The molecule has 0 amide bonds. The van der Waals surface area contributed by atoms with Crippen molar-refractivity contribution in [2.75, 3.05) is 0 Å². The average Bonchev–Trinajstić information content (AvgIpc) is 2.78. The molecule has 0 fully saturated rings. The number of nitrogens with two attached hydrogens (primary N) is 1. The number of hydrogen-bond acceptors (Lipinski definition) is 4. The second-order valence-corrected chi connectivity index (χ2v) is 4.11. The fourth-order valence-corrected chi connectivity index (χ4v) is 1.91. The van der Waals surface area contributed by atoms with E-state index in [2.05, 4.69) is 15.4 Å². The number of nitrogens with one attached hydrogen (secondary N) is 1. The summed E-state index contributed by atoms with van der Waals surface area (Å²) >= 11 is 0. The second kappa shape index (κ2) is 5.70. The lowest BCUT2D eigenvalue weighted by Crippen LogP contribution is -2.29. The van der Waals surface area contributed by atoms with Crippen molar-refractivity contribution in [2.24, 2.45) is 12.9 Å². The summed E-state index contributed by atoms with van der Waals surface area (Å²) in [6.45, 7) is 0. The monoisotopic (exact) mass is 249 g/mol. The lowest BCUT2D eigenvalue weighted by atomic mass is 10.0. The van der Waals surface area contributed by atoms with Crippen molar-refractivity contribution in [3.63, 3.8) is 0 Å². The van der Waals surface area contributed by atoms with Crippen molar-refractivity contribution in [3.8, 4) is 0 Å². The van der Waals surface area contributed by atoms with Gasteiger partial charge in [-0.25, -0.2) is 9.37 Å². The first-order valence-electron chi connectivity index (χ1n) is 5.74. The Morgan fingerprint density at radius 3 is 2.94 bits per heavy atom. The van der Waals surface area contributed by atoms with Crippen molar-refractivity contribution in [1.29, 1.82) is 0 Å². The van der Waals surface area contributed by atoms with E-state index in [4.69, 9.17) is 5.84 Å². The molecule has 2 rings (SSSR count). The Morgan fingerprint density at radius 1 is 1.50 bits per heavy atom. The summed E-state index contributed by atoms with van der Waals surface area (Å²) in [5, 5.41) is 0. The first-order valence-corrected chi connectivity index (χ1v) is 5.74. The summed E-state index contributed by atoms with van der Waals surface area (Å²) in [6.07, 6.45) is 7.77. The van der Waals surface area contributed by atoms with Crippen LogP contribution in [0.2, 0.25) is 0 Å². The van der Waals surface area contributed by atoms with Gasteiger partial charge in [-0.2, -0.15) is 0 Å². The zero-order valence-corrected chi connectivity index (χ0v) is 10.2. The van der Waals surface area contributed by atoms with Gasteiger partial charge in [-0.3, -0.25) is 16.3 Å². The van der Waals surface area contributed by atoms with Crippen molar-refractivity contribution in [3.05, 3.63) is 48.1 Å². The SMILES string of the molecule is Cn1ccnc1CCC(NN)c1ccncc1F. The van der Waals surface area contributed by atoms with Gasteiger partial charge in [-0.1, -0.05) is 0 Å². The van der Waals surface area contributed by atoms with E-state index in [9.17, 15) is 4.39 Å². The van der Waals surface area contributed by atoms with Crippen molar-refractivity contribution < 1.29 is 4.39 Å². The van der Waals surface area contributed by atoms with Gasteiger partial charge >= 0.3 is 0 Å². The number of hydrogen-bond donors (Lipinski definition) is 2. The predicted molar refractivity (Wildman–Crippen MR) is 65.8 cm³/mol. The molecule has 0 aliphatic rings. The Balaban J connectivity index is 2.07. The number of imidazole rings is 1. The molecule has 1 unspecified atom stereocenters. The maximum absolute atomic E-state index is 13.6. The van der Waals surface area contributed by atoms with Gasteiger partial charge in [0.05, 0.1) is 6.20 Å². The number of aryl methyl sites for hydroxylation is 2. The maximum Gasteiger partial charge on any atom is 0.146 e. The number of halogens is 1. The first-order chi connectivity index (χ1) is 8.72. The number of hydrazine groups is 1. The molecule has 0 aromatic carbocycles. The highest BCUT2D eigenvalue weighted by Gasteiger charge is 2.15. The Kier molecular flexibility index (Phi) is 4.01. The van der Waals surface area contributed by atoms with Crippen LogP contribution in [0.25, 0.3) is 0 Å². The smallest absolute Gasteiger partial charge is 0.146 e. The molecule has 3 N–H and O–H groups in total. The number of nitrogens with zero attached hydrogens (tertiary/aromatic N) is 3. The Hall–Kier alpha value is -1.79. The molecule has 0 saturated carbocycles. The maximum atomic E-state index is 13.6. The van der Waals surface area contributed by atoms with Crippen LogP contribution in [0.1, 0.15) is 23.9 Å². The summed E-state index contributed by atoms with van der Waals surface area (Å²) in [6, 6.07) is 1.39. The third-order valence-corrected chi connectivity index (χ3v) is 2.96. The molecule has 1 atom stereocenters. The molecule has 5 nitrogen and oxygen atoms in total. The van der Waals surface area contributed by atoms with E-state index in [1.54, 1.807) is 18.5 Å². The highest BCUT2D eigenvalue weighted by atomic mass is 19.1. The van der Waals surface area contributed by atoms with Gasteiger partial charge in [0.2, 0.25) is 0 Å². The standard InChI is InChI=1S/C12H16FN5/c1-18-7-6-16-12(18)3-2-11(17-14)9-4-5-15-8-10(9)13/h4-8,11,17H,2-3,14H2,1H3. The summed E-state index contributed by atoms with van der Waals surface area (Å²) in [4.78, 5) is 7.95. The zero-order chi connectivity index (χ0) is 13.0. The van der Waals surface area contributed by atoms with Gasteiger partial charge in [0.25, 0.3) is 0 Å². The van der Waals surface area contributed by atoms with Gasteiger partial charge in [0.15, 0.2) is 0 Å². The fraction of sp³-hybridized carbons (Fsp3) is 0.333. The Bertz CT molecular complexity index is 511. The molecule has 0 radical (unpaired) electrons. The molecule has 0 bridgehead atoms. The summed E-state index contributed by atoms with van der Waals surface area (Å²) in [5.41, 5.74) is 3.17. The van der Waals surface area contributed by atoms with Crippen molar-refractivity contribution in [1.82, 2.24) is 20.0 Å². The van der Waals surface area contributed by atoms with E-state index in [1.165, 1.54) is 6.20 Å². The van der Waals surface area contributed by atoms with E-state index in [1.807, 2.05) is 17.8 Å². The zero-order valence-electron chi connectivity index (χ0n) is 10.2. The molecular formula is C12H16FN5. The van der Waals surface area contributed by atoms with Crippen LogP contribution in [0.3, 0.4) is 0 Å². The molecule has 2 aromatic rings. The fourth-order valence-electron chi connectivity index (χ4n) is 1.91. The molecule has 6 heteroatoms. The topological polar surface area (TPSA) is 68.8 Å². The van der Waals surface area contributed by atoms with Gasteiger partial charge in [0.1, 0.15) is 11.6 Å². The third-order valence-electron chi connectivity index (χ3n) is 2.96. The first kappa shape index (κ1) is 12.7. The van der Waals surface area contributed by atoms with E-state index in [0.29, 0.717) is 12.0 Å². The van der Waals surface area contributed by atoms with Gasteiger partial charge in [-0.05, 0) is 12.5 Å². The van der Waals surface area contributed by atoms with Crippen molar-refractivity contribution >= 4 is 0 Å². The Labute approximate surface area is 105 Å². The Morgan fingerprint density at radius 2 is 2.33 bits per heavy atom. The van der Waals surface area contributed by atoms with Gasteiger partial charge in [0, 0.05) is 43.7 Å². The van der Waals surface area contributed by atoms with Crippen LogP contribution in [0.15, 0.2) is 30.9 Å². The van der Waals surface area contributed by atoms with Crippen LogP contribution in [-0.2, 0) is 13.5 Å². The normalized spacial score (nSPS) is 12.6. The predicted octanol–water partition coefficient (Wildman–Crippen LogP) is 1.09. The average molecular weight is 249 g/mol. The molecule has 18 heavy (non-hydrogen) atoms. The van der Waals surface area contributed by atoms with E-state index in [0.717, 1.165) is 12.2 Å². The van der Waals surface area contributed by atoms with Crippen molar-refractivity contribution in [2.45, 2.75) is 18.9 Å². The molecule has 0 saturated heterocycles. The lowest BCUT2D eigenvalue weighted by molar-refractivity contribution is 0.477. The summed E-state index contributed by atoms with van der Waals surface area (Å²) in [7, 11) is 1.93. The highest BCUT2D eigenvalue weighted by molar-refractivity contribution is 5.17. The van der Waals surface area contributed by atoms with Gasteiger partial charge < -0.3 is 4.57 Å². The number of pyridine rings is 1. The quantitative estimate of drug-likeness (QED) is 0.615. The highest BCUT2D eigenvalue weighted by Crippen LogP contribution is 2.20. The molecule has 0 aliphatic carbocycles. The van der Waals surface area contributed by atoms with Crippen LogP contribution >= 0.6 is 0 Å². The summed E-state index contributed by atoms with van der Waals surface area (Å²) < 4.78 is 15.5. The minimum Gasteiger partial charge on any atom is -0.338 e. The van der Waals surface area contributed by atoms with E-state index in [-0.39, 0.29) is 11.9 Å². The number of aromatic nitrogens is 3. The van der Waals surface area contributed by atoms with Crippen LogP contribution in [0.4, 0.5) is 4.39 Å². The van der Waals surface area contributed by atoms with E-state index < -0.39 is 0 Å². The molecule has 2 aromatic heterocycles. The molecule has 0 aliphatic heterocycles. The van der Waals surface area contributed by atoms with Crippen LogP contribution in [0.5, 0.6) is 0 Å². The van der Waals surface area contributed by atoms with E-state index >= 15 is 0 Å². The van der Waals surface area contributed by atoms with Crippen LogP contribution in [0, 0.1) is 5.82 Å². The molecule has 96 valence electrons. The number of rotatable bonds is 5. The largest absolute Gasteiger partial charge is 0.338 e. The minimum atomic E-state index is -0.347. The molecule has 0 spiro atoms.